The Hall–Kier alpha value is -0.580. The van der Waals surface area contributed by atoms with E-state index in [1.54, 1.807) is 18.7 Å². The maximum Gasteiger partial charge on any atom is 0.160 e. The Morgan fingerprint density at radius 3 is 2.44 bits per heavy atom. The minimum Gasteiger partial charge on any atom is -0.294 e. The van der Waals surface area contributed by atoms with Gasteiger partial charge in [0.25, 0.3) is 0 Å². The first kappa shape index (κ1) is 13.8. The van der Waals surface area contributed by atoms with Crippen LogP contribution in [0.25, 0.3) is 0 Å². The summed E-state index contributed by atoms with van der Waals surface area (Å²) < 4.78 is 1.96. The van der Waals surface area contributed by atoms with Crippen LogP contribution in [0.1, 0.15) is 17.3 Å². The van der Waals surface area contributed by atoms with E-state index in [1.165, 1.54) is 0 Å². The third-order valence-corrected chi connectivity index (χ3v) is 4.98. The number of hydrogen-bond acceptors (Lipinski definition) is 2. The molecule has 2 rings (SSSR count). The fraction of sp³-hybridized carbons (Fsp3) is 0.0714. The van der Waals surface area contributed by atoms with E-state index in [0.717, 1.165) is 24.3 Å². The summed E-state index contributed by atoms with van der Waals surface area (Å²) in [6, 6.07) is 13.8. The summed E-state index contributed by atoms with van der Waals surface area (Å²) in [6.45, 7) is 1.59. The first-order valence-electron chi connectivity index (χ1n) is 5.31. The molecule has 0 amide bonds. The summed E-state index contributed by atoms with van der Waals surface area (Å²) >= 11 is 8.50. The van der Waals surface area contributed by atoms with Crippen molar-refractivity contribution in [2.75, 3.05) is 0 Å². The van der Waals surface area contributed by atoms with Crippen molar-refractivity contribution in [1.82, 2.24) is 0 Å². The minimum atomic E-state index is 0.0749. The average molecular weight is 386 g/mol. The van der Waals surface area contributed by atoms with Crippen molar-refractivity contribution >= 4 is 49.4 Å². The van der Waals surface area contributed by atoms with Crippen LogP contribution in [0.2, 0.25) is 0 Å². The predicted molar refractivity (Wildman–Crippen MR) is 82.4 cm³/mol. The lowest BCUT2D eigenvalue weighted by Crippen LogP contribution is -1.95. The highest BCUT2D eigenvalue weighted by molar-refractivity contribution is 9.10. The average Bonchev–Trinajstić information content (AvgIpc) is 2.34. The first-order valence-corrected chi connectivity index (χ1v) is 7.71. The Kier molecular flexibility index (Phi) is 4.65. The highest BCUT2D eigenvalue weighted by atomic mass is 79.9. The molecule has 92 valence electrons. The molecule has 0 bridgehead atoms. The second kappa shape index (κ2) is 6.04. The van der Waals surface area contributed by atoms with Gasteiger partial charge in [-0.25, -0.2) is 0 Å². The molecule has 0 aliphatic heterocycles. The number of carbonyl (C=O) groups excluding carboxylic acids is 1. The molecule has 1 nitrogen and oxygen atoms in total. The molecule has 0 N–H and O–H groups in total. The van der Waals surface area contributed by atoms with Crippen molar-refractivity contribution < 1.29 is 4.79 Å². The molecule has 0 atom stereocenters. The van der Waals surface area contributed by atoms with E-state index < -0.39 is 0 Å². The third kappa shape index (κ3) is 3.25. The second-order valence-corrected chi connectivity index (χ2v) is 6.58. The molecule has 0 saturated heterocycles. The molecule has 0 aromatic heterocycles. The van der Waals surface area contributed by atoms with Gasteiger partial charge in [-0.05, 0) is 53.2 Å². The number of halogens is 2. The standard InChI is InChI=1S/C14H10Br2OS/c1-9(17)11-8-10(15)6-7-13(11)18-14-5-3-2-4-12(14)16/h2-8H,1H3. The van der Waals surface area contributed by atoms with Crippen LogP contribution in [0.4, 0.5) is 0 Å². The van der Waals surface area contributed by atoms with E-state index in [0.29, 0.717) is 0 Å². The third-order valence-electron chi connectivity index (χ3n) is 2.38. The Labute approximate surface area is 127 Å². The van der Waals surface area contributed by atoms with Gasteiger partial charge >= 0.3 is 0 Å². The molecule has 18 heavy (non-hydrogen) atoms. The molecule has 0 aliphatic rings. The van der Waals surface area contributed by atoms with Crippen LogP contribution in [-0.4, -0.2) is 5.78 Å². The maximum absolute atomic E-state index is 11.6. The number of benzene rings is 2. The Bertz CT molecular complexity index is 596. The number of Topliss-reactive ketones (excluding diaryl/α,β-unsaturated/α-hetero) is 1. The van der Waals surface area contributed by atoms with E-state index >= 15 is 0 Å². The van der Waals surface area contributed by atoms with Gasteiger partial charge in [-0.2, -0.15) is 0 Å². The van der Waals surface area contributed by atoms with Gasteiger partial charge in [0, 0.05) is 24.3 Å². The van der Waals surface area contributed by atoms with Crippen LogP contribution < -0.4 is 0 Å². The van der Waals surface area contributed by atoms with Gasteiger partial charge in [0.15, 0.2) is 5.78 Å². The Balaban J connectivity index is 2.41. The van der Waals surface area contributed by atoms with Gasteiger partial charge in [0.2, 0.25) is 0 Å². The number of ketones is 1. The summed E-state index contributed by atoms with van der Waals surface area (Å²) in [6.07, 6.45) is 0. The smallest absolute Gasteiger partial charge is 0.160 e. The zero-order valence-electron chi connectivity index (χ0n) is 9.61. The molecule has 2 aromatic carbocycles. The van der Waals surface area contributed by atoms with Crippen LogP contribution in [0.15, 0.2) is 61.2 Å². The monoisotopic (exact) mass is 384 g/mol. The van der Waals surface area contributed by atoms with Crippen LogP contribution in [0.5, 0.6) is 0 Å². The largest absolute Gasteiger partial charge is 0.294 e. The van der Waals surface area contributed by atoms with Gasteiger partial charge in [-0.3, -0.25) is 4.79 Å². The Morgan fingerprint density at radius 2 is 1.78 bits per heavy atom. The molecule has 0 fully saturated rings. The number of carbonyl (C=O) groups is 1. The van der Waals surface area contributed by atoms with Gasteiger partial charge < -0.3 is 0 Å². The molecule has 2 aromatic rings. The minimum absolute atomic E-state index is 0.0749. The number of hydrogen-bond donors (Lipinski definition) is 0. The van der Waals surface area contributed by atoms with Gasteiger partial charge in [-0.15, -0.1) is 0 Å². The van der Waals surface area contributed by atoms with Crippen molar-refractivity contribution in [1.29, 1.82) is 0 Å². The van der Waals surface area contributed by atoms with Crippen molar-refractivity contribution in [3.8, 4) is 0 Å². The van der Waals surface area contributed by atoms with Crippen LogP contribution >= 0.6 is 43.6 Å². The van der Waals surface area contributed by atoms with Crippen LogP contribution in [0, 0.1) is 0 Å². The topological polar surface area (TPSA) is 17.1 Å². The molecular formula is C14H10Br2OS. The van der Waals surface area contributed by atoms with Crippen molar-refractivity contribution in [3.63, 3.8) is 0 Å². The normalized spacial score (nSPS) is 10.4. The van der Waals surface area contributed by atoms with Crippen molar-refractivity contribution in [2.24, 2.45) is 0 Å². The van der Waals surface area contributed by atoms with E-state index in [2.05, 4.69) is 31.9 Å². The highest BCUT2D eigenvalue weighted by Crippen LogP contribution is 2.36. The molecule has 4 heteroatoms. The SMILES string of the molecule is CC(=O)c1cc(Br)ccc1Sc1ccccc1Br. The van der Waals surface area contributed by atoms with E-state index in [9.17, 15) is 4.79 Å². The molecule has 0 unspecified atom stereocenters. The van der Waals surface area contributed by atoms with Crippen LogP contribution in [-0.2, 0) is 0 Å². The summed E-state index contributed by atoms with van der Waals surface area (Å²) in [4.78, 5) is 13.7. The zero-order valence-corrected chi connectivity index (χ0v) is 13.6. The lowest BCUT2D eigenvalue weighted by molar-refractivity contribution is 0.101. The predicted octanol–water partition coefficient (Wildman–Crippen LogP) is 5.57. The highest BCUT2D eigenvalue weighted by Gasteiger charge is 2.10. The van der Waals surface area contributed by atoms with Crippen LogP contribution in [0.3, 0.4) is 0 Å². The molecular weight excluding hydrogens is 376 g/mol. The van der Waals surface area contributed by atoms with Gasteiger partial charge in [-0.1, -0.05) is 39.8 Å². The summed E-state index contributed by atoms with van der Waals surface area (Å²) in [5.41, 5.74) is 0.741. The molecule has 0 aliphatic carbocycles. The molecule has 0 saturated carbocycles. The summed E-state index contributed by atoms with van der Waals surface area (Å²) in [5, 5.41) is 0. The second-order valence-electron chi connectivity index (χ2n) is 3.73. The van der Waals surface area contributed by atoms with E-state index in [4.69, 9.17) is 0 Å². The fourth-order valence-corrected chi connectivity index (χ4v) is 3.40. The van der Waals surface area contributed by atoms with Gasteiger partial charge in [0.1, 0.15) is 0 Å². The molecule has 0 heterocycles. The van der Waals surface area contributed by atoms with Crippen molar-refractivity contribution in [3.05, 3.63) is 57.0 Å². The van der Waals surface area contributed by atoms with E-state index in [-0.39, 0.29) is 5.78 Å². The lowest BCUT2D eigenvalue weighted by atomic mass is 10.1. The first-order chi connectivity index (χ1) is 8.58. The quantitative estimate of drug-likeness (QED) is 0.642. The molecule has 0 radical (unpaired) electrons. The van der Waals surface area contributed by atoms with Gasteiger partial charge in [0.05, 0.1) is 0 Å². The Morgan fingerprint density at radius 1 is 1.06 bits per heavy atom. The molecule has 0 spiro atoms. The number of rotatable bonds is 3. The zero-order chi connectivity index (χ0) is 13.1. The van der Waals surface area contributed by atoms with E-state index in [1.807, 2.05) is 42.5 Å². The maximum atomic E-state index is 11.6. The van der Waals surface area contributed by atoms with Crippen molar-refractivity contribution in [2.45, 2.75) is 16.7 Å². The summed E-state index contributed by atoms with van der Waals surface area (Å²) in [5.74, 6) is 0.0749. The fourth-order valence-electron chi connectivity index (χ4n) is 1.51. The summed E-state index contributed by atoms with van der Waals surface area (Å²) in [7, 11) is 0. The lowest BCUT2D eigenvalue weighted by Gasteiger charge is -2.08.